The van der Waals surface area contributed by atoms with E-state index in [9.17, 15) is 31.5 Å². The number of aromatic nitrogens is 2. The number of piperazine rings is 1. The van der Waals surface area contributed by atoms with Gasteiger partial charge in [0.05, 0.1) is 22.4 Å². The molecule has 1 amide bonds. The van der Waals surface area contributed by atoms with Gasteiger partial charge in [-0.25, -0.2) is 13.6 Å². The van der Waals surface area contributed by atoms with Gasteiger partial charge in [-0.1, -0.05) is 24.3 Å². The van der Waals surface area contributed by atoms with E-state index in [1.165, 1.54) is 36.6 Å². The minimum atomic E-state index is -4.82. The molecule has 2 unspecified atom stereocenters. The molecule has 0 radical (unpaired) electrons. The number of hydrogen-bond donors (Lipinski definition) is 1. The molecule has 244 valence electrons. The summed E-state index contributed by atoms with van der Waals surface area (Å²) < 4.78 is 71.2. The number of aryl methyl sites for hydroxylation is 1. The summed E-state index contributed by atoms with van der Waals surface area (Å²) in [5.74, 6) is -0.900. The highest BCUT2D eigenvalue weighted by molar-refractivity contribution is 7.99. The summed E-state index contributed by atoms with van der Waals surface area (Å²) in [6.45, 7) is 10.4. The molecule has 7 nitrogen and oxygen atoms in total. The van der Waals surface area contributed by atoms with Crippen LogP contribution in [0.2, 0.25) is 0 Å². The Labute approximate surface area is 267 Å². The molecule has 2 atom stereocenters. The molecule has 3 aliphatic rings. The van der Waals surface area contributed by atoms with Crippen LogP contribution < -0.4 is 15.9 Å². The number of alkyl halides is 3. The third kappa shape index (κ3) is 7.81. The van der Waals surface area contributed by atoms with Crippen molar-refractivity contribution in [3.8, 4) is 0 Å². The van der Waals surface area contributed by atoms with E-state index >= 15 is 0 Å². The second kappa shape index (κ2) is 15.0. The van der Waals surface area contributed by atoms with E-state index in [2.05, 4.69) is 16.9 Å². The number of hydrogen-bond acceptors (Lipinski definition) is 6. The zero-order chi connectivity index (χ0) is 32.9. The van der Waals surface area contributed by atoms with E-state index < -0.39 is 28.3 Å². The summed E-state index contributed by atoms with van der Waals surface area (Å²) >= 11 is 7.00. The lowest BCUT2D eigenvalue weighted by Gasteiger charge is -2.44. The van der Waals surface area contributed by atoms with E-state index in [1.807, 2.05) is 13.8 Å². The molecule has 4 heterocycles. The molecule has 0 bridgehead atoms. The van der Waals surface area contributed by atoms with Crippen LogP contribution in [0.5, 0.6) is 0 Å². The second-order valence-electron chi connectivity index (χ2n) is 11.0. The normalized spacial score (nSPS) is 21.2. The van der Waals surface area contributed by atoms with Crippen LogP contribution in [-0.4, -0.2) is 64.4 Å². The average molecular weight is 672 g/mol. The molecular weight excluding hydrogens is 637 g/mol. The monoisotopic (exact) mass is 671 g/mol. The van der Waals surface area contributed by atoms with E-state index in [1.54, 1.807) is 9.80 Å². The first-order valence-electron chi connectivity index (χ1n) is 14.6. The molecule has 45 heavy (non-hydrogen) atoms. The van der Waals surface area contributed by atoms with Crippen LogP contribution in [0, 0.1) is 0 Å². The van der Waals surface area contributed by atoms with Gasteiger partial charge in [0.1, 0.15) is 11.6 Å². The number of anilines is 1. The quantitative estimate of drug-likeness (QED) is 0.214. The number of carbonyl (C=O) groups excluding carboxylic acids is 1. The van der Waals surface area contributed by atoms with Gasteiger partial charge in [-0.05, 0) is 70.2 Å². The molecule has 1 aromatic carbocycles. The van der Waals surface area contributed by atoms with Gasteiger partial charge in [0.25, 0.3) is 0 Å². The molecule has 14 heteroatoms. The summed E-state index contributed by atoms with van der Waals surface area (Å²) in [4.78, 5) is 33.4. The van der Waals surface area contributed by atoms with Gasteiger partial charge in [0, 0.05) is 53.6 Å². The van der Waals surface area contributed by atoms with Gasteiger partial charge in [0.2, 0.25) is 5.91 Å². The van der Waals surface area contributed by atoms with Gasteiger partial charge in [-0.15, -0.1) is 11.8 Å². The van der Waals surface area contributed by atoms with Crippen molar-refractivity contribution in [1.29, 1.82) is 0 Å². The van der Waals surface area contributed by atoms with Gasteiger partial charge in [0.15, 0.2) is 0 Å². The van der Waals surface area contributed by atoms with E-state index in [0.717, 1.165) is 30.0 Å². The van der Waals surface area contributed by atoms with Crippen LogP contribution >= 0.6 is 23.4 Å². The van der Waals surface area contributed by atoms with E-state index in [-0.39, 0.29) is 65.6 Å². The van der Waals surface area contributed by atoms with Gasteiger partial charge in [-0.3, -0.25) is 9.36 Å². The summed E-state index contributed by atoms with van der Waals surface area (Å²) in [6.07, 6.45) is 2.01. The number of allylic oxidation sites excluding steroid dienone is 4. The fraction of sp³-hybridized carbons (Fsp3) is 0.452. The Morgan fingerprint density at radius 1 is 1.16 bits per heavy atom. The van der Waals surface area contributed by atoms with Crippen molar-refractivity contribution in [2.45, 2.75) is 62.8 Å². The molecule has 2 fully saturated rings. The maximum atomic E-state index is 14.5. The Kier molecular flexibility index (Phi) is 11.5. The average Bonchev–Trinajstić information content (AvgIpc) is 3.50. The number of nitrogens with zero attached hydrogens (tertiary/aromatic N) is 4. The number of benzene rings is 1. The van der Waals surface area contributed by atoms with Crippen LogP contribution in [-0.2, 0) is 17.5 Å². The van der Waals surface area contributed by atoms with E-state index in [4.69, 9.17) is 11.6 Å². The highest BCUT2D eigenvalue weighted by Crippen LogP contribution is 2.45. The lowest BCUT2D eigenvalue weighted by molar-refractivity contribution is -0.137. The molecular formula is C31H35ClF5N5O2S. The highest BCUT2D eigenvalue weighted by Gasteiger charge is 2.38. The standard InChI is InChI=1S/C27H26ClF5N4O2S.C4H9N/c1-4-22(38)37-15(2)13-35(14-16(37)3)25-18-12-19(27(31,32)33)17(6-7-20(28)21(30)8-9-29)24-23(18)36(26(39)34-25)10-5-11-40-24;1-2-4-5-3-1/h4,6-9,12,15-16H,1,5,10-11,13-14H2,2-3H3;5H,1-4H2/b7-6+,9-8+,21-20-;. The topological polar surface area (TPSA) is 70.5 Å². The van der Waals surface area contributed by atoms with Crippen LogP contribution in [0.1, 0.15) is 44.2 Å². The Balaban J connectivity index is 0.000000838. The van der Waals surface area contributed by atoms with Crippen molar-refractivity contribution in [3.05, 3.63) is 69.7 Å². The molecule has 0 saturated carbocycles. The van der Waals surface area contributed by atoms with Crippen molar-refractivity contribution in [2.75, 3.05) is 36.8 Å². The lowest BCUT2D eigenvalue weighted by Crippen LogP contribution is -2.58. The Morgan fingerprint density at radius 2 is 1.82 bits per heavy atom. The van der Waals surface area contributed by atoms with Crippen molar-refractivity contribution in [3.63, 3.8) is 0 Å². The smallest absolute Gasteiger partial charge is 0.352 e. The van der Waals surface area contributed by atoms with Crippen LogP contribution in [0.4, 0.5) is 27.8 Å². The van der Waals surface area contributed by atoms with E-state index in [0.29, 0.717) is 23.8 Å². The Bertz CT molecular complexity index is 1570. The third-order valence-electron chi connectivity index (χ3n) is 7.75. The number of carbonyl (C=O) groups is 1. The van der Waals surface area contributed by atoms with Crippen molar-refractivity contribution in [2.24, 2.45) is 0 Å². The second-order valence-corrected chi connectivity index (χ2v) is 12.5. The summed E-state index contributed by atoms with van der Waals surface area (Å²) in [6, 6.07) is 0.295. The Hall–Kier alpha value is -3.16. The van der Waals surface area contributed by atoms with Gasteiger partial charge < -0.3 is 15.1 Å². The van der Waals surface area contributed by atoms with Crippen LogP contribution in [0.3, 0.4) is 0 Å². The number of rotatable bonds is 5. The fourth-order valence-corrected chi connectivity index (χ4v) is 7.12. The predicted octanol–water partition coefficient (Wildman–Crippen LogP) is 6.81. The lowest BCUT2D eigenvalue weighted by atomic mass is 10.0. The maximum Gasteiger partial charge on any atom is 0.417 e. The van der Waals surface area contributed by atoms with Gasteiger partial charge in [-0.2, -0.15) is 18.2 Å². The minimum Gasteiger partial charge on any atom is -0.352 e. The zero-order valence-corrected chi connectivity index (χ0v) is 26.5. The van der Waals surface area contributed by atoms with Crippen LogP contribution in [0.15, 0.2) is 57.8 Å². The zero-order valence-electron chi connectivity index (χ0n) is 25.0. The van der Waals surface area contributed by atoms with Gasteiger partial charge >= 0.3 is 11.9 Å². The maximum absolute atomic E-state index is 14.5. The summed E-state index contributed by atoms with van der Waals surface area (Å²) in [7, 11) is 0. The van der Waals surface area contributed by atoms with Crippen molar-refractivity contribution >= 4 is 52.1 Å². The number of halogens is 6. The highest BCUT2D eigenvalue weighted by atomic mass is 35.5. The molecule has 0 aliphatic carbocycles. The first-order chi connectivity index (χ1) is 21.4. The largest absolute Gasteiger partial charge is 0.417 e. The molecule has 3 aliphatic heterocycles. The predicted molar refractivity (Wildman–Crippen MR) is 170 cm³/mol. The number of thioether (sulfide) groups is 1. The molecule has 0 spiro atoms. The minimum absolute atomic E-state index is 0.0748. The first-order valence-corrected chi connectivity index (χ1v) is 16.0. The third-order valence-corrected chi connectivity index (χ3v) is 9.25. The Morgan fingerprint density at radius 3 is 2.38 bits per heavy atom. The first kappa shape index (κ1) is 34.7. The molecule has 1 N–H and O–H groups in total. The summed E-state index contributed by atoms with van der Waals surface area (Å²) in [5.41, 5.74) is -1.61. The number of amides is 1. The SMILES string of the molecule is C1CCNC1.C=CC(=O)N1C(C)CN(c2nc(=O)n3c4c(c(/C=C/C(Cl)=C(F)\C=C\F)c(C(F)(F)F)cc24)SCCC3)CC1C. The molecule has 2 saturated heterocycles. The van der Waals surface area contributed by atoms with Crippen molar-refractivity contribution in [1.82, 2.24) is 19.8 Å². The number of nitrogens with one attached hydrogen (secondary N) is 1. The van der Waals surface area contributed by atoms with Crippen LogP contribution in [0.25, 0.3) is 17.0 Å². The summed E-state index contributed by atoms with van der Waals surface area (Å²) in [5, 5.41) is 2.78. The van der Waals surface area contributed by atoms with Crippen molar-refractivity contribution < 1.29 is 26.7 Å². The molecule has 2 aromatic rings. The molecule has 1 aromatic heterocycles. The fourth-order valence-electron chi connectivity index (χ4n) is 5.83. The molecule has 5 rings (SSSR count).